The third-order valence-electron chi connectivity index (χ3n) is 3.72. The number of hydrogen-bond donors (Lipinski definition) is 2. The van der Waals surface area contributed by atoms with Gasteiger partial charge in [-0.2, -0.15) is 0 Å². The molecule has 0 saturated heterocycles. The highest BCUT2D eigenvalue weighted by atomic mass is 16.5. The predicted octanol–water partition coefficient (Wildman–Crippen LogP) is 3.05. The Morgan fingerprint density at radius 3 is 2.71 bits per heavy atom. The summed E-state index contributed by atoms with van der Waals surface area (Å²) >= 11 is 0. The van der Waals surface area contributed by atoms with Gasteiger partial charge in [-0.25, -0.2) is 0 Å². The van der Waals surface area contributed by atoms with E-state index in [2.05, 4.69) is 10.5 Å². The van der Waals surface area contributed by atoms with Crippen LogP contribution in [0.15, 0.2) is 35.1 Å². The number of anilines is 1. The van der Waals surface area contributed by atoms with E-state index in [1.807, 2.05) is 0 Å². The summed E-state index contributed by atoms with van der Waals surface area (Å²) in [7, 11) is 0. The SMILES string of the molecule is O=C(O)CCCOc1ccc(NC(=O)c2conc2C2CC2)cc1. The average molecular weight is 330 g/mol. The molecule has 24 heavy (non-hydrogen) atoms. The maximum absolute atomic E-state index is 12.3. The zero-order chi connectivity index (χ0) is 16.9. The van der Waals surface area contributed by atoms with E-state index in [1.165, 1.54) is 6.26 Å². The second kappa shape index (κ2) is 7.16. The van der Waals surface area contributed by atoms with Crippen molar-refractivity contribution >= 4 is 17.6 Å². The summed E-state index contributed by atoms with van der Waals surface area (Å²) in [6.45, 7) is 0.337. The van der Waals surface area contributed by atoms with Gasteiger partial charge in [0, 0.05) is 18.0 Å². The molecule has 1 aliphatic rings. The Bertz CT molecular complexity index is 719. The van der Waals surface area contributed by atoms with Crippen LogP contribution in [0, 0.1) is 0 Å². The zero-order valence-electron chi connectivity index (χ0n) is 13.0. The van der Waals surface area contributed by atoms with Gasteiger partial charge in [0.15, 0.2) is 0 Å². The molecule has 1 aromatic heterocycles. The minimum Gasteiger partial charge on any atom is -0.494 e. The van der Waals surface area contributed by atoms with Crippen LogP contribution in [0.2, 0.25) is 0 Å². The second-order valence-electron chi connectivity index (χ2n) is 5.71. The lowest BCUT2D eigenvalue weighted by atomic mass is 10.1. The first-order chi connectivity index (χ1) is 11.6. The molecule has 126 valence electrons. The van der Waals surface area contributed by atoms with E-state index in [-0.39, 0.29) is 12.3 Å². The summed E-state index contributed by atoms with van der Waals surface area (Å²) < 4.78 is 10.4. The first kappa shape index (κ1) is 16.0. The standard InChI is InChI=1S/C17H18N2O5/c20-15(21)2-1-9-23-13-7-5-12(6-8-13)18-17(22)14-10-24-19-16(14)11-3-4-11/h5-8,10-11H,1-4,9H2,(H,18,22)(H,20,21). The number of nitrogens with zero attached hydrogens (tertiary/aromatic N) is 1. The van der Waals surface area contributed by atoms with Crippen molar-refractivity contribution in [3.63, 3.8) is 0 Å². The number of carboxylic acids is 1. The Labute approximate surface area is 138 Å². The normalized spacial score (nSPS) is 13.5. The first-order valence-electron chi connectivity index (χ1n) is 7.84. The third kappa shape index (κ3) is 4.13. The number of hydrogen-bond acceptors (Lipinski definition) is 5. The molecule has 1 heterocycles. The topological polar surface area (TPSA) is 102 Å². The predicted molar refractivity (Wildman–Crippen MR) is 85.2 cm³/mol. The Morgan fingerprint density at radius 1 is 1.29 bits per heavy atom. The fourth-order valence-electron chi connectivity index (χ4n) is 2.31. The van der Waals surface area contributed by atoms with Gasteiger partial charge in [0.2, 0.25) is 0 Å². The molecule has 1 aromatic carbocycles. The monoisotopic (exact) mass is 330 g/mol. The summed E-state index contributed by atoms with van der Waals surface area (Å²) in [5.74, 6) is -0.114. The molecule has 1 aliphatic carbocycles. The molecule has 3 rings (SSSR count). The summed E-state index contributed by atoms with van der Waals surface area (Å²) in [5.41, 5.74) is 1.85. The molecule has 7 heteroatoms. The fourth-order valence-corrected chi connectivity index (χ4v) is 2.31. The minimum absolute atomic E-state index is 0.0796. The van der Waals surface area contributed by atoms with Crippen LogP contribution >= 0.6 is 0 Å². The average Bonchev–Trinajstić information content (AvgIpc) is 3.29. The Hall–Kier alpha value is -2.83. The highest BCUT2D eigenvalue weighted by Crippen LogP contribution is 2.40. The van der Waals surface area contributed by atoms with Crippen LogP contribution < -0.4 is 10.1 Å². The van der Waals surface area contributed by atoms with Gasteiger partial charge >= 0.3 is 5.97 Å². The highest BCUT2D eigenvalue weighted by Gasteiger charge is 2.31. The number of aromatic nitrogens is 1. The van der Waals surface area contributed by atoms with Crippen LogP contribution in [0.5, 0.6) is 5.75 Å². The lowest BCUT2D eigenvalue weighted by Gasteiger charge is -2.08. The van der Waals surface area contributed by atoms with Gasteiger partial charge < -0.3 is 19.7 Å². The molecular formula is C17H18N2O5. The maximum atomic E-state index is 12.3. The molecule has 1 amide bonds. The van der Waals surface area contributed by atoms with Crippen molar-refractivity contribution in [2.45, 2.75) is 31.6 Å². The number of carbonyl (C=O) groups is 2. The van der Waals surface area contributed by atoms with Gasteiger partial charge in [0.25, 0.3) is 5.91 Å². The number of aliphatic carboxylic acids is 1. The van der Waals surface area contributed by atoms with E-state index in [9.17, 15) is 9.59 Å². The van der Waals surface area contributed by atoms with Gasteiger partial charge in [-0.3, -0.25) is 9.59 Å². The quantitative estimate of drug-likeness (QED) is 0.721. The van der Waals surface area contributed by atoms with E-state index in [1.54, 1.807) is 24.3 Å². The van der Waals surface area contributed by atoms with Crippen LogP contribution in [0.3, 0.4) is 0 Å². The minimum atomic E-state index is -0.837. The van der Waals surface area contributed by atoms with E-state index >= 15 is 0 Å². The summed E-state index contributed by atoms with van der Waals surface area (Å²) in [6.07, 6.45) is 3.99. The molecule has 0 radical (unpaired) electrons. The largest absolute Gasteiger partial charge is 0.494 e. The van der Waals surface area contributed by atoms with E-state index in [4.69, 9.17) is 14.4 Å². The molecule has 2 aromatic rings. The number of nitrogens with one attached hydrogen (secondary N) is 1. The van der Waals surface area contributed by atoms with E-state index < -0.39 is 5.97 Å². The molecular weight excluding hydrogens is 312 g/mol. The Balaban J connectivity index is 1.53. The molecule has 0 spiro atoms. The van der Waals surface area contributed by atoms with Gasteiger partial charge in [-0.15, -0.1) is 0 Å². The smallest absolute Gasteiger partial charge is 0.303 e. The number of benzene rings is 1. The molecule has 1 fully saturated rings. The number of ether oxygens (including phenoxy) is 1. The zero-order valence-corrected chi connectivity index (χ0v) is 13.0. The first-order valence-corrected chi connectivity index (χ1v) is 7.84. The van der Waals surface area contributed by atoms with E-state index in [0.717, 1.165) is 18.5 Å². The number of rotatable bonds is 8. The molecule has 0 atom stereocenters. The Kier molecular flexibility index (Phi) is 4.79. The maximum Gasteiger partial charge on any atom is 0.303 e. The van der Waals surface area contributed by atoms with Crippen molar-refractivity contribution in [2.75, 3.05) is 11.9 Å². The van der Waals surface area contributed by atoms with Crippen LogP contribution in [0.25, 0.3) is 0 Å². The third-order valence-corrected chi connectivity index (χ3v) is 3.72. The molecule has 0 unspecified atom stereocenters. The number of carboxylic acid groups (broad SMARTS) is 1. The highest BCUT2D eigenvalue weighted by molar-refractivity contribution is 6.05. The van der Waals surface area contributed by atoms with Crippen molar-refractivity contribution in [3.05, 3.63) is 41.8 Å². The number of carbonyl (C=O) groups excluding carboxylic acids is 1. The molecule has 1 saturated carbocycles. The van der Waals surface area contributed by atoms with Gasteiger partial charge in [-0.05, 0) is 43.5 Å². The van der Waals surface area contributed by atoms with Crippen molar-refractivity contribution in [1.82, 2.24) is 5.16 Å². The second-order valence-corrected chi connectivity index (χ2v) is 5.71. The van der Waals surface area contributed by atoms with Crippen molar-refractivity contribution in [3.8, 4) is 5.75 Å². The van der Waals surface area contributed by atoms with Crippen molar-refractivity contribution in [1.29, 1.82) is 0 Å². The summed E-state index contributed by atoms with van der Waals surface area (Å²) in [6, 6.07) is 6.92. The van der Waals surface area contributed by atoms with Crippen LogP contribution in [0.4, 0.5) is 5.69 Å². The van der Waals surface area contributed by atoms with Gasteiger partial charge in [-0.1, -0.05) is 5.16 Å². The van der Waals surface area contributed by atoms with Gasteiger partial charge in [0.05, 0.1) is 12.3 Å². The van der Waals surface area contributed by atoms with Crippen molar-refractivity contribution in [2.24, 2.45) is 0 Å². The van der Waals surface area contributed by atoms with Crippen LogP contribution in [-0.2, 0) is 4.79 Å². The van der Waals surface area contributed by atoms with E-state index in [0.29, 0.717) is 35.9 Å². The number of amides is 1. The van der Waals surface area contributed by atoms with Crippen LogP contribution in [0.1, 0.15) is 47.7 Å². The van der Waals surface area contributed by atoms with Gasteiger partial charge in [0.1, 0.15) is 17.6 Å². The Morgan fingerprint density at radius 2 is 2.04 bits per heavy atom. The van der Waals surface area contributed by atoms with Crippen molar-refractivity contribution < 1.29 is 24.0 Å². The lowest BCUT2D eigenvalue weighted by molar-refractivity contribution is -0.137. The molecule has 0 bridgehead atoms. The lowest BCUT2D eigenvalue weighted by Crippen LogP contribution is -2.13. The summed E-state index contributed by atoms with van der Waals surface area (Å²) in [5, 5.41) is 15.3. The van der Waals surface area contributed by atoms with Crippen LogP contribution in [-0.4, -0.2) is 28.7 Å². The summed E-state index contributed by atoms with van der Waals surface area (Å²) in [4.78, 5) is 22.7. The molecule has 7 nitrogen and oxygen atoms in total. The molecule has 0 aliphatic heterocycles. The fraction of sp³-hybridized carbons (Fsp3) is 0.353. The molecule has 2 N–H and O–H groups in total.